The van der Waals surface area contributed by atoms with Crippen LogP contribution >= 0.6 is 0 Å². The number of hydrogen-bond donors (Lipinski definition) is 1. The van der Waals surface area contributed by atoms with Gasteiger partial charge >= 0.3 is 0 Å². The minimum atomic E-state index is 0.312. The van der Waals surface area contributed by atoms with Crippen LogP contribution in [-0.2, 0) is 4.79 Å². The highest BCUT2D eigenvalue weighted by molar-refractivity contribution is 5.76. The zero-order valence-corrected chi connectivity index (χ0v) is 13.2. The van der Waals surface area contributed by atoms with Crippen LogP contribution in [0.5, 0.6) is 0 Å². The van der Waals surface area contributed by atoms with E-state index in [-0.39, 0.29) is 0 Å². The molecule has 0 bridgehead atoms. The molecule has 3 atom stereocenters. The van der Waals surface area contributed by atoms with E-state index in [1.165, 1.54) is 32.2 Å². The Balaban J connectivity index is 1.76. The van der Waals surface area contributed by atoms with Gasteiger partial charge in [0.05, 0.1) is 0 Å². The molecule has 0 aromatic heterocycles. The van der Waals surface area contributed by atoms with E-state index in [1.54, 1.807) is 0 Å². The van der Waals surface area contributed by atoms with Gasteiger partial charge in [-0.1, -0.05) is 13.3 Å². The van der Waals surface area contributed by atoms with E-state index < -0.39 is 0 Å². The summed E-state index contributed by atoms with van der Waals surface area (Å²) in [7, 11) is 1.97. The van der Waals surface area contributed by atoms with Crippen LogP contribution in [0.3, 0.4) is 0 Å². The van der Waals surface area contributed by atoms with E-state index in [9.17, 15) is 4.79 Å². The lowest BCUT2D eigenvalue weighted by Gasteiger charge is -2.30. The maximum atomic E-state index is 12.4. The first-order chi connectivity index (χ1) is 9.60. The molecule has 2 fully saturated rings. The highest BCUT2D eigenvalue weighted by atomic mass is 16.2. The number of nitrogens with two attached hydrogens (primary N) is 1. The maximum absolute atomic E-state index is 12.4. The fraction of sp³-hybridized carbons (Fsp3) is 0.938. The zero-order chi connectivity index (χ0) is 14.5. The van der Waals surface area contributed by atoms with Crippen LogP contribution in [0.2, 0.25) is 0 Å². The van der Waals surface area contributed by atoms with Crippen LogP contribution in [-0.4, -0.2) is 54.5 Å². The molecule has 20 heavy (non-hydrogen) atoms. The monoisotopic (exact) mass is 281 g/mol. The minimum Gasteiger partial charge on any atom is -0.344 e. The number of likely N-dealkylation sites (tertiary alicyclic amines) is 1. The molecule has 4 heteroatoms. The molecule has 0 aromatic carbocycles. The number of carbonyl (C=O) groups is 1. The molecule has 0 radical (unpaired) electrons. The summed E-state index contributed by atoms with van der Waals surface area (Å²) in [4.78, 5) is 16.8. The van der Waals surface area contributed by atoms with Crippen molar-refractivity contribution in [2.45, 2.75) is 64.0 Å². The van der Waals surface area contributed by atoms with Crippen molar-refractivity contribution < 1.29 is 4.79 Å². The van der Waals surface area contributed by atoms with Gasteiger partial charge in [0, 0.05) is 32.1 Å². The summed E-state index contributed by atoms with van der Waals surface area (Å²) >= 11 is 0. The van der Waals surface area contributed by atoms with E-state index in [4.69, 9.17) is 5.73 Å². The van der Waals surface area contributed by atoms with Gasteiger partial charge in [-0.05, 0) is 51.1 Å². The van der Waals surface area contributed by atoms with Crippen molar-refractivity contribution >= 4 is 5.91 Å². The Hall–Kier alpha value is -0.610. The number of rotatable bonds is 5. The molecule has 1 saturated heterocycles. The van der Waals surface area contributed by atoms with Crippen LogP contribution in [0.25, 0.3) is 0 Å². The topological polar surface area (TPSA) is 49.6 Å². The van der Waals surface area contributed by atoms with Gasteiger partial charge in [-0.2, -0.15) is 0 Å². The van der Waals surface area contributed by atoms with Gasteiger partial charge in [0.2, 0.25) is 5.91 Å². The molecular formula is C16H31N3O. The van der Waals surface area contributed by atoms with Gasteiger partial charge in [-0.25, -0.2) is 0 Å². The fourth-order valence-corrected chi connectivity index (χ4v) is 3.86. The molecule has 0 spiro atoms. The number of hydrogen-bond acceptors (Lipinski definition) is 3. The van der Waals surface area contributed by atoms with Crippen molar-refractivity contribution in [2.75, 3.05) is 26.7 Å². The molecule has 1 aliphatic heterocycles. The molecule has 1 aliphatic carbocycles. The average molecular weight is 281 g/mol. The van der Waals surface area contributed by atoms with E-state index in [1.807, 2.05) is 11.9 Å². The Morgan fingerprint density at radius 1 is 1.30 bits per heavy atom. The Labute approximate surface area is 123 Å². The van der Waals surface area contributed by atoms with Crippen molar-refractivity contribution in [2.24, 2.45) is 11.7 Å². The first-order valence-corrected chi connectivity index (χ1v) is 8.33. The molecule has 2 N–H and O–H groups in total. The van der Waals surface area contributed by atoms with Crippen molar-refractivity contribution in [3.63, 3.8) is 0 Å². The van der Waals surface area contributed by atoms with Gasteiger partial charge in [-0.15, -0.1) is 0 Å². The predicted molar refractivity (Wildman–Crippen MR) is 82.5 cm³/mol. The second kappa shape index (κ2) is 7.41. The zero-order valence-electron chi connectivity index (χ0n) is 13.2. The van der Waals surface area contributed by atoms with Gasteiger partial charge in [0.15, 0.2) is 0 Å². The lowest BCUT2D eigenvalue weighted by molar-refractivity contribution is -0.131. The van der Waals surface area contributed by atoms with E-state index in [0.29, 0.717) is 30.3 Å². The number of amides is 1. The molecular weight excluding hydrogens is 250 g/mol. The summed E-state index contributed by atoms with van der Waals surface area (Å²) < 4.78 is 0. The summed E-state index contributed by atoms with van der Waals surface area (Å²) in [6.45, 7) is 5.40. The number of nitrogens with zero attached hydrogens (tertiary/aromatic N) is 2. The molecule has 4 nitrogen and oxygen atoms in total. The number of likely N-dealkylation sites (N-methyl/N-ethyl adjacent to an activating group) is 2. The summed E-state index contributed by atoms with van der Waals surface area (Å²) in [5.41, 5.74) is 6.01. The molecule has 116 valence electrons. The van der Waals surface area contributed by atoms with Crippen molar-refractivity contribution in [1.29, 1.82) is 0 Å². The van der Waals surface area contributed by atoms with Gasteiger partial charge in [-0.3, -0.25) is 9.69 Å². The summed E-state index contributed by atoms with van der Waals surface area (Å²) in [6.07, 6.45) is 7.74. The number of carbonyl (C=O) groups excluding carboxylic acids is 1. The van der Waals surface area contributed by atoms with E-state index >= 15 is 0 Å². The van der Waals surface area contributed by atoms with Crippen LogP contribution in [0.4, 0.5) is 0 Å². The highest BCUT2D eigenvalue weighted by Gasteiger charge is 2.27. The molecule has 2 aliphatic rings. The SMILES string of the molecule is CCN1CCCC1CN(C)C(=O)CC1CCCC(N)C1. The Morgan fingerprint density at radius 3 is 2.80 bits per heavy atom. The maximum Gasteiger partial charge on any atom is 0.222 e. The Bertz CT molecular complexity index is 321. The van der Waals surface area contributed by atoms with Crippen LogP contribution in [0, 0.1) is 5.92 Å². The second-order valence-corrected chi connectivity index (χ2v) is 6.70. The van der Waals surface area contributed by atoms with Gasteiger partial charge in [0.1, 0.15) is 0 Å². The first-order valence-electron chi connectivity index (χ1n) is 8.33. The standard InChI is InChI=1S/C16H31N3O/c1-3-19-9-5-8-15(19)12-18(2)16(20)11-13-6-4-7-14(17)10-13/h13-15H,3-12,17H2,1-2H3. The van der Waals surface area contributed by atoms with Crippen LogP contribution in [0.15, 0.2) is 0 Å². The van der Waals surface area contributed by atoms with Gasteiger partial charge in [0.25, 0.3) is 0 Å². The van der Waals surface area contributed by atoms with Crippen LogP contribution < -0.4 is 5.73 Å². The largest absolute Gasteiger partial charge is 0.344 e. The third kappa shape index (κ3) is 4.19. The second-order valence-electron chi connectivity index (χ2n) is 6.70. The average Bonchev–Trinajstić information content (AvgIpc) is 2.85. The van der Waals surface area contributed by atoms with Crippen molar-refractivity contribution in [3.8, 4) is 0 Å². The van der Waals surface area contributed by atoms with Crippen LogP contribution in [0.1, 0.15) is 51.9 Å². The van der Waals surface area contributed by atoms with E-state index in [0.717, 1.165) is 25.9 Å². The highest BCUT2D eigenvalue weighted by Crippen LogP contribution is 2.26. The van der Waals surface area contributed by atoms with Gasteiger partial charge < -0.3 is 10.6 Å². The van der Waals surface area contributed by atoms with Crippen molar-refractivity contribution in [1.82, 2.24) is 9.80 Å². The summed E-state index contributed by atoms with van der Waals surface area (Å²) in [5, 5.41) is 0. The lowest BCUT2D eigenvalue weighted by atomic mass is 9.84. The quantitative estimate of drug-likeness (QED) is 0.836. The summed E-state index contributed by atoms with van der Waals surface area (Å²) in [5.74, 6) is 0.826. The molecule has 1 heterocycles. The smallest absolute Gasteiger partial charge is 0.222 e. The normalized spacial score (nSPS) is 31.4. The Morgan fingerprint density at radius 2 is 2.10 bits per heavy atom. The molecule has 1 amide bonds. The predicted octanol–water partition coefficient (Wildman–Crippen LogP) is 1.84. The molecule has 1 saturated carbocycles. The minimum absolute atomic E-state index is 0.312. The Kier molecular flexibility index (Phi) is 5.85. The first kappa shape index (κ1) is 15.8. The van der Waals surface area contributed by atoms with Crippen molar-refractivity contribution in [3.05, 3.63) is 0 Å². The molecule has 2 rings (SSSR count). The van der Waals surface area contributed by atoms with E-state index in [2.05, 4.69) is 11.8 Å². The lowest BCUT2D eigenvalue weighted by Crippen LogP contribution is -2.42. The molecule has 0 aromatic rings. The third-order valence-corrected chi connectivity index (χ3v) is 5.10. The third-order valence-electron chi connectivity index (χ3n) is 5.10. The fourth-order valence-electron chi connectivity index (χ4n) is 3.86. The molecule has 3 unspecified atom stereocenters. The summed E-state index contributed by atoms with van der Waals surface area (Å²) in [6, 6.07) is 0.889.